The van der Waals surface area contributed by atoms with Gasteiger partial charge in [-0.3, -0.25) is 14.2 Å². The molecule has 0 saturated carbocycles. The van der Waals surface area contributed by atoms with Crippen LogP contribution in [-0.2, 0) is 16.1 Å². The fourth-order valence-electron chi connectivity index (χ4n) is 3.74. The molecule has 1 atom stereocenters. The van der Waals surface area contributed by atoms with Gasteiger partial charge in [-0.2, -0.15) is 0 Å². The molecule has 2 aliphatic heterocycles. The molecular weight excluding hydrogens is 428 g/mol. The number of rotatable bonds is 6. The van der Waals surface area contributed by atoms with Crippen molar-refractivity contribution in [2.75, 3.05) is 18.1 Å². The Morgan fingerprint density at radius 2 is 1.84 bits per heavy atom. The molecule has 2 aliphatic rings. The van der Waals surface area contributed by atoms with Gasteiger partial charge in [0.15, 0.2) is 22.5 Å². The lowest BCUT2D eigenvalue weighted by Gasteiger charge is -2.21. The first-order chi connectivity index (χ1) is 15.7. The Kier molecular flexibility index (Phi) is 5.40. The summed E-state index contributed by atoms with van der Waals surface area (Å²) in [6, 6.07) is 14.8. The summed E-state index contributed by atoms with van der Waals surface area (Å²) >= 11 is 1.25. The van der Waals surface area contributed by atoms with Crippen molar-refractivity contribution in [3.63, 3.8) is 0 Å². The second-order valence-electron chi connectivity index (χ2n) is 7.28. The van der Waals surface area contributed by atoms with Crippen LogP contribution in [0.1, 0.15) is 6.42 Å². The Hall–Kier alpha value is -3.59. The molecule has 1 aromatic heterocycles. The second kappa shape index (κ2) is 8.51. The van der Waals surface area contributed by atoms with E-state index in [0.29, 0.717) is 47.9 Å². The largest absolute Gasteiger partial charge is 0.486 e. The Labute approximate surface area is 188 Å². The summed E-state index contributed by atoms with van der Waals surface area (Å²) in [5.41, 5.74) is 1.39. The first-order valence-corrected chi connectivity index (χ1v) is 11.1. The number of imide groups is 1. The number of hydrogen-bond donors (Lipinski definition) is 0. The van der Waals surface area contributed by atoms with Crippen molar-refractivity contribution < 1.29 is 19.1 Å². The fourth-order valence-corrected chi connectivity index (χ4v) is 4.80. The highest BCUT2D eigenvalue weighted by Gasteiger charge is 2.41. The molecule has 0 bridgehead atoms. The zero-order chi connectivity index (χ0) is 22.1. The highest BCUT2D eigenvalue weighted by Crippen LogP contribution is 2.38. The van der Waals surface area contributed by atoms with Crippen molar-refractivity contribution in [3.05, 3.63) is 61.2 Å². The molecule has 9 heteroatoms. The molecule has 0 spiro atoms. The number of hydrogen-bond acceptors (Lipinski definition) is 7. The molecule has 8 nitrogen and oxygen atoms in total. The van der Waals surface area contributed by atoms with Crippen LogP contribution >= 0.6 is 11.8 Å². The lowest BCUT2D eigenvalue weighted by molar-refractivity contribution is -0.121. The zero-order valence-corrected chi connectivity index (χ0v) is 18.0. The Bertz CT molecular complexity index is 1190. The van der Waals surface area contributed by atoms with Crippen LogP contribution in [0.2, 0.25) is 0 Å². The molecule has 3 heterocycles. The fraction of sp³-hybridized carbons (Fsp3) is 0.217. The zero-order valence-electron chi connectivity index (χ0n) is 17.1. The minimum Gasteiger partial charge on any atom is -0.486 e. The van der Waals surface area contributed by atoms with Crippen molar-refractivity contribution in [1.82, 2.24) is 14.8 Å². The van der Waals surface area contributed by atoms with Crippen molar-refractivity contribution in [2.24, 2.45) is 0 Å². The number of fused-ring (bicyclic) bond motifs is 1. The predicted octanol–water partition coefficient (Wildman–Crippen LogP) is 3.33. The quantitative estimate of drug-likeness (QED) is 0.422. The van der Waals surface area contributed by atoms with E-state index in [1.807, 2.05) is 34.9 Å². The van der Waals surface area contributed by atoms with Crippen LogP contribution < -0.4 is 14.4 Å². The van der Waals surface area contributed by atoms with Crippen molar-refractivity contribution in [2.45, 2.75) is 23.4 Å². The second-order valence-corrected chi connectivity index (χ2v) is 8.45. The molecule has 0 N–H and O–H groups in total. The average Bonchev–Trinajstić information content (AvgIpc) is 3.34. The summed E-state index contributed by atoms with van der Waals surface area (Å²) in [6.45, 7) is 5.21. The van der Waals surface area contributed by atoms with Crippen LogP contribution in [0.15, 0.2) is 66.3 Å². The van der Waals surface area contributed by atoms with E-state index in [2.05, 4.69) is 16.8 Å². The van der Waals surface area contributed by atoms with E-state index in [0.717, 1.165) is 5.56 Å². The SMILES string of the molecule is C=CCn1c(SC2CC(=O)N(c3ccc4c(c3)OCCO4)C2=O)nnc1-c1ccccc1. The number of thioether (sulfide) groups is 1. The van der Waals surface area contributed by atoms with Crippen molar-refractivity contribution >= 4 is 29.3 Å². The van der Waals surface area contributed by atoms with Crippen LogP contribution in [-0.4, -0.2) is 45.0 Å². The van der Waals surface area contributed by atoms with E-state index in [4.69, 9.17) is 9.47 Å². The van der Waals surface area contributed by atoms with Gasteiger partial charge in [-0.1, -0.05) is 48.2 Å². The van der Waals surface area contributed by atoms with Gasteiger partial charge < -0.3 is 9.47 Å². The first-order valence-electron chi connectivity index (χ1n) is 10.2. The third-order valence-electron chi connectivity index (χ3n) is 5.20. The number of aromatic nitrogens is 3. The van der Waals surface area contributed by atoms with Gasteiger partial charge in [-0.15, -0.1) is 16.8 Å². The Morgan fingerprint density at radius 3 is 2.62 bits per heavy atom. The maximum atomic E-state index is 13.2. The lowest BCUT2D eigenvalue weighted by Crippen LogP contribution is -2.31. The molecule has 1 unspecified atom stereocenters. The van der Waals surface area contributed by atoms with E-state index in [1.54, 1.807) is 24.3 Å². The molecule has 162 valence electrons. The molecule has 2 aromatic carbocycles. The van der Waals surface area contributed by atoms with Crippen molar-refractivity contribution in [1.29, 1.82) is 0 Å². The average molecular weight is 449 g/mol. The number of allylic oxidation sites excluding steroid dienone is 1. The molecular formula is C23H20N4O4S. The minimum atomic E-state index is -0.591. The van der Waals surface area contributed by atoms with Gasteiger partial charge in [-0.25, -0.2) is 4.90 Å². The number of nitrogens with zero attached hydrogens (tertiary/aromatic N) is 4. The van der Waals surface area contributed by atoms with E-state index in [1.165, 1.54) is 16.7 Å². The number of amides is 2. The molecule has 0 radical (unpaired) electrons. The molecule has 32 heavy (non-hydrogen) atoms. The predicted molar refractivity (Wildman–Crippen MR) is 120 cm³/mol. The normalized spacial score (nSPS) is 17.6. The number of benzene rings is 2. The van der Waals surface area contributed by atoms with Crippen LogP contribution in [0, 0.1) is 0 Å². The van der Waals surface area contributed by atoms with Gasteiger partial charge in [0.05, 0.1) is 5.69 Å². The van der Waals surface area contributed by atoms with Gasteiger partial charge in [0.25, 0.3) is 0 Å². The highest BCUT2D eigenvalue weighted by molar-refractivity contribution is 8.00. The summed E-state index contributed by atoms with van der Waals surface area (Å²) < 4.78 is 13.0. The minimum absolute atomic E-state index is 0.0829. The molecule has 0 aliphatic carbocycles. The highest BCUT2D eigenvalue weighted by atomic mass is 32.2. The summed E-state index contributed by atoms with van der Waals surface area (Å²) in [6.07, 6.45) is 1.84. The Morgan fingerprint density at radius 1 is 1.06 bits per heavy atom. The summed E-state index contributed by atoms with van der Waals surface area (Å²) in [5.74, 6) is 1.28. The van der Waals surface area contributed by atoms with Gasteiger partial charge in [0.2, 0.25) is 11.8 Å². The van der Waals surface area contributed by atoms with Crippen LogP contribution in [0.5, 0.6) is 11.5 Å². The molecule has 3 aromatic rings. The van der Waals surface area contributed by atoms with Gasteiger partial charge in [0.1, 0.15) is 18.5 Å². The van der Waals surface area contributed by atoms with Crippen LogP contribution in [0.4, 0.5) is 5.69 Å². The van der Waals surface area contributed by atoms with Crippen molar-refractivity contribution in [3.8, 4) is 22.9 Å². The molecule has 5 rings (SSSR count). The van der Waals surface area contributed by atoms with E-state index in [-0.39, 0.29) is 18.2 Å². The molecule has 2 amide bonds. The molecule has 1 saturated heterocycles. The van der Waals surface area contributed by atoms with E-state index in [9.17, 15) is 9.59 Å². The maximum absolute atomic E-state index is 13.2. The summed E-state index contributed by atoms with van der Waals surface area (Å²) in [5, 5.41) is 8.60. The number of carbonyl (C=O) groups is 2. The lowest BCUT2D eigenvalue weighted by atomic mass is 10.2. The Balaban J connectivity index is 1.40. The van der Waals surface area contributed by atoms with Gasteiger partial charge in [0, 0.05) is 24.6 Å². The smallest absolute Gasteiger partial charge is 0.247 e. The standard InChI is InChI=1S/C23H20N4O4S/c1-2-10-26-21(15-6-4-3-5-7-15)24-25-23(26)32-19-14-20(28)27(22(19)29)16-8-9-17-18(13-16)31-12-11-30-17/h2-9,13,19H,1,10-12,14H2. The summed E-state index contributed by atoms with van der Waals surface area (Å²) in [4.78, 5) is 27.1. The number of carbonyl (C=O) groups excluding carboxylic acids is 2. The third-order valence-corrected chi connectivity index (χ3v) is 6.36. The third kappa shape index (κ3) is 3.64. The monoisotopic (exact) mass is 448 g/mol. The summed E-state index contributed by atoms with van der Waals surface area (Å²) in [7, 11) is 0. The topological polar surface area (TPSA) is 86.5 Å². The number of ether oxygens (including phenoxy) is 2. The first kappa shape index (κ1) is 20.3. The van der Waals surface area contributed by atoms with Crippen LogP contribution in [0.25, 0.3) is 11.4 Å². The van der Waals surface area contributed by atoms with Crippen LogP contribution in [0.3, 0.4) is 0 Å². The molecule has 1 fully saturated rings. The van der Waals surface area contributed by atoms with Gasteiger partial charge in [-0.05, 0) is 12.1 Å². The maximum Gasteiger partial charge on any atom is 0.247 e. The van der Waals surface area contributed by atoms with Gasteiger partial charge >= 0.3 is 0 Å². The van der Waals surface area contributed by atoms with E-state index >= 15 is 0 Å². The number of anilines is 1. The van der Waals surface area contributed by atoms with E-state index < -0.39 is 5.25 Å².